The van der Waals surface area contributed by atoms with E-state index in [-0.39, 0.29) is 12.1 Å². The number of nitrogens with one attached hydrogen (secondary N) is 1. The first-order chi connectivity index (χ1) is 9.07. The molecule has 1 aromatic rings. The van der Waals surface area contributed by atoms with Crippen LogP contribution in [0.3, 0.4) is 0 Å². The highest BCUT2D eigenvalue weighted by atomic mass is 32.1. The summed E-state index contributed by atoms with van der Waals surface area (Å²) in [7, 11) is 0. The predicted octanol–water partition coefficient (Wildman–Crippen LogP) is 3.15. The van der Waals surface area contributed by atoms with Crippen molar-refractivity contribution >= 4 is 17.2 Å². The molecule has 0 radical (unpaired) electrons. The van der Waals surface area contributed by atoms with Gasteiger partial charge < -0.3 is 4.90 Å². The van der Waals surface area contributed by atoms with Gasteiger partial charge in [-0.25, -0.2) is 0 Å². The van der Waals surface area contributed by atoms with Gasteiger partial charge in [0.25, 0.3) is 0 Å². The fourth-order valence-electron chi connectivity index (χ4n) is 3.28. The van der Waals surface area contributed by atoms with E-state index in [0.717, 1.165) is 12.8 Å². The maximum atomic E-state index is 12.2. The minimum absolute atomic E-state index is 0.110. The number of carbonyl (C=O) groups is 1. The molecular weight excluding hydrogens is 256 g/mol. The molecule has 1 atom stereocenters. The number of amides is 1. The molecule has 1 aromatic heterocycles. The number of hydrogen-bond donors (Lipinski definition) is 1. The Morgan fingerprint density at radius 2 is 2.11 bits per heavy atom. The number of hydrogen-bond acceptors (Lipinski definition) is 3. The first-order valence-corrected chi connectivity index (χ1v) is 8.03. The molecule has 3 rings (SSSR count). The van der Waals surface area contributed by atoms with E-state index in [9.17, 15) is 4.79 Å². The van der Waals surface area contributed by atoms with Gasteiger partial charge in [0.15, 0.2) is 0 Å². The Morgan fingerprint density at radius 3 is 2.74 bits per heavy atom. The maximum Gasteiger partial charge on any atom is 0.238 e. The van der Waals surface area contributed by atoms with Crippen LogP contribution in [-0.2, 0) is 4.79 Å². The zero-order valence-corrected chi connectivity index (χ0v) is 12.5. The van der Waals surface area contributed by atoms with E-state index in [2.05, 4.69) is 41.6 Å². The average molecular weight is 278 g/mol. The van der Waals surface area contributed by atoms with E-state index in [4.69, 9.17) is 0 Å². The van der Waals surface area contributed by atoms with Gasteiger partial charge in [-0.3, -0.25) is 10.1 Å². The minimum atomic E-state index is 0.110. The number of nitrogens with zero attached hydrogens (tertiary/aromatic N) is 1. The van der Waals surface area contributed by atoms with E-state index in [0.29, 0.717) is 18.0 Å². The molecule has 4 heteroatoms. The predicted molar refractivity (Wildman–Crippen MR) is 77.9 cm³/mol. The van der Waals surface area contributed by atoms with Gasteiger partial charge in [-0.2, -0.15) is 0 Å². The molecule has 1 unspecified atom stereocenters. The summed E-state index contributed by atoms with van der Waals surface area (Å²) in [6, 6.07) is 4.61. The molecule has 2 heterocycles. The summed E-state index contributed by atoms with van der Waals surface area (Å²) >= 11 is 1.73. The zero-order chi connectivity index (χ0) is 13.5. The van der Waals surface area contributed by atoms with Gasteiger partial charge in [-0.05, 0) is 42.5 Å². The summed E-state index contributed by atoms with van der Waals surface area (Å²) in [6.07, 6.45) is 4.83. The van der Waals surface area contributed by atoms with Gasteiger partial charge in [0.05, 0.1) is 6.54 Å². The van der Waals surface area contributed by atoms with Gasteiger partial charge in [-0.1, -0.05) is 19.9 Å². The van der Waals surface area contributed by atoms with Crippen molar-refractivity contribution in [1.29, 1.82) is 0 Å². The molecule has 19 heavy (non-hydrogen) atoms. The van der Waals surface area contributed by atoms with Crippen LogP contribution in [0.2, 0.25) is 0 Å². The first-order valence-electron chi connectivity index (χ1n) is 7.15. The highest BCUT2D eigenvalue weighted by molar-refractivity contribution is 7.10. The Labute approximate surface area is 119 Å². The molecule has 2 aliphatic rings. The van der Waals surface area contributed by atoms with Crippen LogP contribution < -0.4 is 5.32 Å². The summed E-state index contributed by atoms with van der Waals surface area (Å²) in [4.78, 5) is 15.6. The lowest BCUT2D eigenvalue weighted by Gasteiger charge is -2.40. The molecule has 1 aliphatic heterocycles. The lowest BCUT2D eigenvalue weighted by atomic mass is 9.75. The van der Waals surface area contributed by atoms with Crippen molar-refractivity contribution in [3.63, 3.8) is 0 Å². The van der Waals surface area contributed by atoms with Gasteiger partial charge in [0, 0.05) is 10.9 Å². The Kier molecular flexibility index (Phi) is 3.39. The van der Waals surface area contributed by atoms with Crippen LogP contribution in [-0.4, -0.2) is 23.4 Å². The second kappa shape index (κ2) is 4.91. The van der Waals surface area contributed by atoms with Crippen LogP contribution in [0.15, 0.2) is 17.5 Å². The minimum Gasteiger partial charge on any atom is -0.318 e. The van der Waals surface area contributed by atoms with Gasteiger partial charge in [-0.15, -0.1) is 11.3 Å². The van der Waals surface area contributed by atoms with Gasteiger partial charge >= 0.3 is 0 Å². The third kappa shape index (κ3) is 2.56. The SMILES string of the molecule is CC1(C)CCC(N2C(=O)CNC2c2cccs2)CC1. The second-order valence-corrected chi connectivity index (χ2v) is 7.47. The average Bonchev–Trinajstić information content (AvgIpc) is 2.98. The quantitative estimate of drug-likeness (QED) is 0.901. The third-order valence-electron chi connectivity index (χ3n) is 4.53. The number of thiophene rings is 1. The van der Waals surface area contributed by atoms with Crippen LogP contribution >= 0.6 is 11.3 Å². The van der Waals surface area contributed by atoms with Crippen molar-refractivity contribution in [3.05, 3.63) is 22.4 Å². The molecule has 1 N–H and O–H groups in total. The van der Waals surface area contributed by atoms with Crippen molar-refractivity contribution in [2.24, 2.45) is 5.41 Å². The van der Waals surface area contributed by atoms with Gasteiger partial charge in [0.2, 0.25) is 5.91 Å². The normalized spacial score (nSPS) is 28.0. The van der Waals surface area contributed by atoms with Crippen LogP contribution in [0.25, 0.3) is 0 Å². The van der Waals surface area contributed by atoms with E-state index >= 15 is 0 Å². The van der Waals surface area contributed by atoms with Crippen molar-refractivity contribution < 1.29 is 4.79 Å². The Bertz CT molecular complexity index is 445. The highest BCUT2D eigenvalue weighted by Gasteiger charge is 2.39. The largest absolute Gasteiger partial charge is 0.318 e. The summed E-state index contributed by atoms with van der Waals surface area (Å²) in [5.74, 6) is 0.267. The van der Waals surface area contributed by atoms with E-state index in [1.165, 1.54) is 17.7 Å². The fourth-order valence-corrected chi connectivity index (χ4v) is 4.08. The molecule has 0 aromatic carbocycles. The smallest absolute Gasteiger partial charge is 0.238 e. The summed E-state index contributed by atoms with van der Waals surface area (Å²) in [5, 5.41) is 5.45. The Balaban J connectivity index is 1.76. The third-order valence-corrected chi connectivity index (χ3v) is 5.45. The molecule has 3 nitrogen and oxygen atoms in total. The van der Waals surface area contributed by atoms with Crippen molar-refractivity contribution in [2.45, 2.75) is 51.7 Å². The second-order valence-electron chi connectivity index (χ2n) is 6.50. The summed E-state index contributed by atoms with van der Waals surface area (Å²) in [6.45, 7) is 5.16. The lowest BCUT2D eigenvalue weighted by molar-refractivity contribution is -0.131. The monoisotopic (exact) mass is 278 g/mol. The molecule has 2 fully saturated rings. The number of rotatable bonds is 2. The highest BCUT2D eigenvalue weighted by Crippen LogP contribution is 2.40. The Hall–Kier alpha value is -0.870. The molecule has 1 amide bonds. The maximum absolute atomic E-state index is 12.2. The van der Waals surface area contributed by atoms with E-state index in [1.54, 1.807) is 11.3 Å². The summed E-state index contributed by atoms with van der Waals surface area (Å²) < 4.78 is 0. The molecule has 1 saturated heterocycles. The number of carbonyl (C=O) groups excluding carboxylic acids is 1. The first kappa shape index (κ1) is 13.1. The molecule has 104 valence electrons. The van der Waals surface area contributed by atoms with Crippen LogP contribution in [0.5, 0.6) is 0 Å². The van der Waals surface area contributed by atoms with E-state index < -0.39 is 0 Å². The molecular formula is C15H22N2OS. The molecule has 0 spiro atoms. The van der Waals surface area contributed by atoms with Crippen molar-refractivity contribution in [1.82, 2.24) is 10.2 Å². The van der Waals surface area contributed by atoms with Crippen LogP contribution in [0.4, 0.5) is 0 Å². The van der Waals surface area contributed by atoms with Crippen molar-refractivity contribution in [3.8, 4) is 0 Å². The van der Waals surface area contributed by atoms with Gasteiger partial charge in [0.1, 0.15) is 6.17 Å². The lowest BCUT2D eigenvalue weighted by Crippen LogP contribution is -2.42. The Morgan fingerprint density at radius 1 is 1.37 bits per heavy atom. The van der Waals surface area contributed by atoms with Crippen LogP contribution in [0.1, 0.15) is 50.6 Å². The van der Waals surface area contributed by atoms with Crippen LogP contribution in [0, 0.1) is 5.41 Å². The summed E-state index contributed by atoms with van der Waals surface area (Å²) in [5.41, 5.74) is 0.450. The zero-order valence-electron chi connectivity index (χ0n) is 11.7. The standard InChI is InChI=1S/C15H22N2OS/c1-15(2)7-5-11(6-8-15)17-13(18)10-16-14(17)12-4-3-9-19-12/h3-4,9,11,14,16H,5-8,10H2,1-2H3. The topological polar surface area (TPSA) is 32.3 Å². The molecule has 0 bridgehead atoms. The fraction of sp³-hybridized carbons (Fsp3) is 0.667. The van der Waals surface area contributed by atoms with Crippen molar-refractivity contribution in [2.75, 3.05) is 6.54 Å². The van der Waals surface area contributed by atoms with E-state index in [1.807, 2.05) is 0 Å². The molecule has 1 aliphatic carbocycles. The molecule has 1 saturated carbocycles.